The van der Waals surface area contributed by atoms with Gasteiger partial charge in [-0.25, -0.2) is 14.3 Å². The van der Waals surface area contributed by atoms with Crippen molar-refractivity contribution < 1.29 is 9.90 Å². The SMILES string of the molecule is O=C(O)c1ccc2c(c1)[nH]c(=O)n2N1CCCCC1. The molecule has 1 aliphatic heterocycles. The van der Waals surface area contributed by atoms with Crippen LogP contribution in [0.4, 0.5) is 0 Å². The molecular formula is C13H15N3O3. The molecule has 2 aromatic rings. The number of nitrogens with one attached hydrogen (secondary N) is 1. The number of rotatable bonds is 2. The molecule has 0 unspecified atom stereocenters. The number of imidazole rings is 1. The van der Waals surface area contributed by atoms with Crippen LogP contribution in [0.3, 0.4) is 0 Å². The molecule has 19 heavy (non-hydrogen) atoms. The molecule has 2 N–H and O–H groups in total. The summed E-state index contributed by atoms with van der Waals surface area (Å²) in [5.41, 5.74) is 1.27. The number of carboxylic acids is 1. The van der Waals surface area contributed by atoms with E-state index in [0.29, 0.717) is 5.52 Å². The second-order valence-electron chi connectivity index (χ2n) is 4.79. The van der Waals surface area contributed by atoms with Gasteiger partial charge in [-0.3, -0.25) is 0 Å². The molecule has 1 aliphatic rings. The van der Waals surface area contributed by atoms with E-state index in [9.17, 15) is 9.59 Å². The number of piperidine rings is 1. The van der Waals surface area contributed by atoms with Crippen LogP contribution in [0.2, 0.25) is 0 Å². The molecule has 0 bridgehead atoms. The Hall–Kier alpha value is -2.24. The first-order valence-electron chi connectivity index (χ1n) is 6.40. The normalized spacial score (nSPS) is 15.9. The smallest absolute Gasteiger partial charge is 0.345 e. The van der Waals surface area contributed by atoms with Crippen molar-refractivity contribution in [3.8, 4) is 0 Å². The number of carboxylic acid groups (broad SMARTS) is 1. The maximum Gasteiger partial charge on any atom is 0.345 e. The van der Waals surface area contributed by atoms with E-state index < -0.39 is 5.97 Å². The summed E-state index contributed by atoms with van der Waals surface area (Å²) in [4.78, 5) is 25.7. The highest BCUT2D eigenvalue weighted by Gasteiger charge is 2.17. The van der Waals surface area contributed by atoms with Gasteiger partial charge in [0.2, 0.25) is 0 Å². The summed E-state index contributed by atoms with van der Waals surface area (Å²) >= 11 is 0. The minimum Gasteiger partial charge on any atom is -0.478 e. The third-order valence-corrected chi connectivity index (χ3v) is 3.52. The summed E-state index contributed by atoms with van der Waals surface area (Å²) < 4.78 is 1.63. The molecule has 0 atom stereocenters. The van der Waals surface area contributed by atoms with Crippen LogP contribution < -0.4 is 10.7 Å². The molecule has 0 saturated carbocycles. The number of nitrogens with zero attached hydrogens (tertiary/aromatic N) is 2. The first kappa shape index (κ1) is 11.8. The number of carbonyl (C=O) groups is 1. The lowest BCUT2D eigenvalue weighted by atomic mass is 10.2. The van der Waals surface area contributed by atoms with Gasteiger partial charge < -0.3 is 15.1 Å². The van der Waals surface area contributed by atoms with Gasteiger partial charge >= 0.3 is 11.7 Å². The average Bonchev–Trinajstić information content (AvgIpc) is 2.74. The largest absolute Gasteiger partial charge is 0.478 e. The Kier molecular flexibility index (Phi) is 2.77. The van der Waals surface area contributed by atoms with E-state index in [1.165, 1.54) is 18.6 Å². The Labute approximate surface area is 109 Å². The fourth-order valence-electron chi connectivity index (χ4n) is 2.59. The van der Waals surface area contributed by atoms with E-state index in [1.807, 2.05) is 5.01 Å². The second kappa shape index (κ2) is 4.46. The van der Waals surface area contributed by atoms with Gasteiger partial charge in [-0.05, 0) is 37.5 Å². The van der Waals surface area contributed by atoms with E-state index in [0.717, 1.165) is 31.4 Å². The van der Waals surface area contributed by atoms with Crippen molar-refractivity contribution in [3.05, 3.63) is 34.2 Å². The fraction of sp³-hybridized carbons (Fsp3) is 0.385. The number of hydrogen-bond donors (Lipinski definition) is 2. The minimum atomic E-state index is -0.992. The molecule has 2 heterocycles. The summed E-state index contributed by atoms with van der Waals surface area (Å²) in [6.45, 7) is 1.71. The quantitative estimate of drug-likeness (QED) is 0.850. The number of hydrogen-bond acceptors (Lipinski definition) is 3. The molecule has 0 spiro atoms. The molecule has 100 valence electrons. The molecule has 1 aromatic heterocycles. The zero-order valence-corrected chi connectivity index (χ0v) is 10.4. The second-order valence-corrected chi connectivity index (χ2v) is 4.79. The first-order valence-corrected chi connectivity index (χ1v) is 6.40. The molecule has 0 amide bonds. The summed E-state index contributed by atoms with van der Waals surface area (Å²) in [6.07, 6.45) is 3.34. The Balaban J connectivity index is 2.11. The van der Waals surface area contributed by atoms with Crippen molar-refractivity contribution in [2.24, 2.45) is 0 Å². The van der Waals surface area contributed by atoms with Crippen molar-refractivity contribution in [1.82, 2.24) is 9.66 Å². The zero-order valence-electron chi connectivity index (χ0n) is 10.4. The van der Waals surface area contributed by atoms with Crippen molar-refractivity contribution in [1.29, 1.82) is 0 Å². The van der Waals surface area contributed by atoms with Gasteiger partial charge in [0.05, 0.1) is 16.6 Å². The van der Waals surface area contributed by atoms with Crippen molar-refractivity contribution >= 4 is 17.0 Å². The number of H-pyrrole nitrogens is 1. The lowest BCUT2D eigenvalue weighted by Gasteiger charge is -2.29. The monoisotopic (exact) mass is 261 g/mol. The predicted molar refractivity (Wildman–Crippen MR) is 71.3 cm³/mol. The highest BCUT2D eigenvalue weighted by molar-refractivity contribution is 5.92. The number of aromatic amines is 1. The van der Waals surface area contributed by atoms with Gasteiger partial charge in [0.25, 0.3) is 0 Å². The summed E-state index contributed by atoms with van der Waals surface area (Å²) in [7, 11) is 0. The Morgan fingerprint density at radius 1 is 1.21 bits per heavy atom. The van der Waals surface area contributed by atoms with Gasteiger partial charge in [-0.15, -0.1) is 0 Å². The van der Waals surface area contributed by atoms with Crippen molar-refractivity contribution in [2.45, 2.75) is 19.3 Å². The Morgan fingerprint density at radius 3 is 2.63 bits per heavy atom. The van der Waals surface area contributed by atoms with Crippen molar-refractivity contribution in [2.75, 3.05) is 18.1 Å². The van der Waals surface area contributed by atoms with Gasteiger partial charge in [0, 0.05) is 13.1 Å². The molecule has 6 nitrogen and oxygen atoms in total. The van der Waals surface area contributed by atoms with E-state index in [1.54, 1.807) is 10.7 Å². The molecule has 1 saturated heterocycles. The maximum atomic E-state index is 12.0. The van der Waals surface area contributed by atoms with Crippen LogP contribution in [0.5, 0.6) is 0 Å². The molecule has 0 aliphatic carbocycles. The third-order valence-electron chi connectivity index (χ3n) is 3.52. The summed E-state index contributed by atoms with van der Waals surface area (Å²) in [5.74, 6) is -0.992. The topological polar surface area (TPSA) is 78.3 Å². The van der Waals surface area contributed by atoms with Crippen LogP contribution in [0.15, 0.2) is 23.0 Å². The van der Waals surface area contributed by atoms with Gasteiger partial charge in [-0.2, -0.15) is 0 Å². The predicted octanol–water partition coefficient (Wildman–Crippen LogP) is 1.15. The lowest BCUT2D eigenvalue weighted by Crippen LogP contribution is -2.44. The van der Waals surface area contributed by atoms with Crippen LogP contribution in [0.25, 0.3) is 11.0 Å². The molecular weight excluding hydrogens is 246 g/mol. The summed E-state index contributed by atoms with van der Waals surface area (Å²) in [6, 6.07) is 4.71. The number of benzene rings is 1. The standard InChI is InChI=1S/C13H15N3O3/c17-12(18)9-4-5-11-10(8-9)14-13(19)16(11)15-6-2-1-3-7-15/h4-5,8H,1-3,6-7H2,(H,14,19)(H,17,18). The molecule has 6 heteroatoms. The maximum absolute atomic E-state index is 12.0. The average molecular weight is 261 g/mol. The molecule has 3 rings (SSSR count). The van der Waals surface area contributed by atoms with E-state index in [4.69, 9.17) is 5.11 Å². The van der Waals surface area contributed by atoms with Gasteiger partial charge in [0.1, 0.15) is 0 Å². The van der Waals surface area contributed by atoms with Crippen molar-refractivity contribution in [3.63, 3.8) is 0 Å². The van der Waals surface area contributed by atoms with Gasteiger partial charge in [-0.1, -0.05) is 0 Å². The Morgan fingerprint density at radius 2 is 1.95 bits per heavy atom. The van der Waals surface area contributed by atoms with E-state index >= 15 is 0 Å². The Bertz CT molecular complexity index is 680. The summed E-state index contributed by atoms with van der Waals surface area (Å²) in [5, 5.41) is 11.0. The zero-order chi connectivity index (χ0) is 13.4. The number of aromatic nitrogens is 2. The lowest BCUT2D eigenvalue weighted by molar-refractivity contribution is 0.0697. The highest BCUT2D eigenvalue weighted by Crippen LogP contribution is 2.15. The molecule has 0 radical (unpaired) electrons. The molecule has 1 aromatic carbocycles. The fourth-order valence-corrected chi connectivity index (χ4v) is 2.59. The first-order chi connectivity index (χ1) is 9.16. The van der Waals surface area contributed by atoms with Crippen LogP contribution in [-0.2, 0) is 0 Å². The number of fused-ring (bicyclic) bond motifs is 1. The molecule has 1 fully saturated rings. The van der Waals surface area contributed by atoms with E-state index in [-0.39, 0.29) is 11.3 Å². The van der Waals surface area contributed by atoms with Gasteiger partial charge in [0.15, 0.2) is 0 Å². The van der Waals surface area contributed by atoms with E-state index in [2.05, 4.69) is 4.98 Å². The van der Waals surface area contributed by atoms with Crippen LogP contribution in [0.1, 0.15) is 29.6 Å². The third kappa shape index (κ3) is 1.99. The van der Waals surface area contributed by atoms with Crippen LogP contribution in [0, 0.1) is 0 Å². The highest BCUT2D eigenvalue weighted by atomic mass is 16.4. The van der Waals surface area contributed by atoms with Crippen LogP contribution in [-0.4, -0.2) is 33.8 Å². The number of aromatic carboxylic acids is 1. The minimum absolute atomic E-state index is 0.180. The van der Waals surface area contributed by atoms with Crippen LogP contribution >= 0.6 is 0 Å².